The Balaban J connectivity index is 2.10. The zero-order chi connectivity index (χ0) is 12.8. The molecule has 0 radical (unpaired) electrons. The third kappa shape index (κ3) is 3.15. The zero-order valence-corrected chi connectivity index (χ0v) is 10.9. The van der Waals surface area contributed by atoms with Crippen molar-refractivity contribution in [3.63, 3.8) is 0 Å². The number of hydrogen-bond acceptors (Lipinski definition) is 3. The molecule has 0 saturated heterocycles. The summed E-state index contributed by atoms with van der Waals surface area (Å²) in [5.74, 6) is 0. The Labute approximate surface area is 113 Å². The number of rotatable bonds is 3. The molecule has 2 aromatic carbocycles. The van der Waals surface area contributed by atoms with Crippen LogP contribution in [-0.4, -0.2) is 0 Å². The molecule has 2 aromatic rings. The molecule has 5 heteroatoms. The first-order valence-corrected chi connectivity index (χ1v) is 6.00. The first-order valence-electron chi connectivity index (χ1n) is 5.21. The van der Waals surface area contributed by atoms with Crippen LogP contribution in [0.1, 0.15) is 5.56 Å². The van der Waals surface area contributed by atoms with E-state index in [0.717, 1.165) is 10.2 Å². The van der Waals surface area contributed by atoms with Crippen LogP contribution in [0.15, 0.2) is 63.3 Å². The van der Waals surface area contributed by atoms with Gasteiger partial charge in [0, 0.05) is 4.47 Å². The van der Waals surface area contributed by atoms with E-state index in [0.29, 0.717) is 11.3 Å². The van der Waals surface area contributed by atoms with Crippen LogP contribution in [0.25, 0.3) is 0 Å². The van der Waals surface area contributed by atoms with E-state index < -0.39 is 0 Å². The summed E-state index contributed by atoms with van der Waals surface area (Å²) in [6, 6.07) is 16.7. The molecule has 0 aliphatic carbocycles. The highest BCUT2D eigenvalue weighted by atomic mass is 79.9. The maximum Gasteiger partial charge on any atom is 0.105 e. The maximum absolute atomic E-state index is 8.89. The van der Waals surface area contributed by atoms with Crippen molar-refractivity contribution in [2.45, 2.75) is 0 Å². The standard InChI is InChI=1S/C13H9BrN4/c14-11-5-3-6-12(8-11)16-18-17-13-7-2-1-4-10(13)9-15/h1-8H,(H,16,17). The molecule has 18 heavy (non-hydrogen) atoms. The van der Waals surface area contributed by atoms with E-state index in [4.69, 9.17) is 5.26 Å². The number of benzene rings is 2. The number of halogens is 1. The second kappa shape index (κ2) is 5.94. The monoisotopic (exact) mass is 300 g/mol. The SMILES string of the molecule is N#Cc1ccccc1N=NNc1cccc(Br)c1. The van der Waals surface area contributed by atoms with Crippen molar-refractivity contribution in [2.24, 2.45) is 10.3 Å². The molecule has 2 rings (SSSR count). The van der Waals surface area contributed by atoms with Gasteiger partial charge in [-0.2, -0.15) is 5.26 Å². The molecule has 0 unspecified atom stereocenters. The van der Waals surface area contributed by atoms with Gasteiger partial charge in [-0.3, -0.25) is 5.43 Å². The minimum atomic E-state index is 0.497. The highest BCUT2D eigenvalue weighted by Gasteiger charge is 1.97. The van der Waals surface area contributed by atoms with E-state index in [1.54, 1.807) is 18.2 Å². The smallest absolute Gasteiger partial charge is 0.105 e. The van der Waals surface area contributed by atoms with Crippen molar-refractivity contribution in [2.75, 3.05) is 5.43 Å². The second-order valence-corrected chi connectivity index (χ2v) is 4.37. The lowest BCUT2D eigenvalue weighted by molar-refractivity contribution is 1.13. The molecule has 0 amide bonds. The Hall–Kier alpha value is -2.19. The number of nitrogens with zero attached hydrogens (tertiary/aromatic N) is 3. The molecule has 4 nitrogen and oxygen atoms in total. The molecule has 0 aliphatic heterocycles. The number of anilines is 1. The fourth-order valence-corrected chi connectivity index (χ4v) is 1.75. The van der Waals surface area contributed by atoms with Crippen LogP contribution in [0, 0.1) is 11.3 Å². The third-order valence-electron chi connectivity index (χ3n) is 2.19. The molecular weight excluding hydrogens is 292 g/mol. The largest absolute Gasteiger partial charge is 0.260 e. The molecule has 0 fully saturated rings. The quantitative estimate of drug-likeness (QED) is 0.673. The summed E-state index contributed by atoms with van der Waals surface area (Å²) in [6.07, 6.45) is 0. The third-order valence-corrected chi connectivity index (χ3v) is 2.68. The lowest BCUT2D eigenvalue weighted by Gasteiger charge is -1.99. The Bertz CT molecular complexity index is 616. The van der Waals surface area contributed by atoms with Crippen LogP contribution in [0.4, 0.5) is 11.4 Å². The van der Waals surface area contributed by atoms with Crippen LogP contribution in [0.2, 0.25) is 0 Å². The van der Waals surface area contributed by atoms with E-state index in [-0.39, 0.29) is 0 Å². The maximum atomic E-state index is 8.89. The average molecular weight is 301 g/mol. The molecule has 0 bridgehead atoms. The molecular formula is C13H9BrN4. The molecule has 0 aliphatic rings. The fraction of sp³-hybridized carbons (Fsp3) is 0. The molecule has 1 N–H and O–H groups in total. The summed E-state index contributed by atoms with van der Waals surface area (Å²) in [6.45, 7) is 0. The van der Waals surface area contributed by atoms with Gasteiger partial charge in [0.15, 0.2) is 0 Å². The number of nitrogens with one attached hydrogen (secondary N) is 1. The highest BCUT2D eigenvalue weighted by molar-refractivity contribution is 9.10. The minimum absolute atomic E-state index is 0.497. The molecule has 0 spiro atoms. The first-order chi connectivity index (χ1) is 8.79. The normalized spacial score (nSPS) is 10.2. The topological polar surface area (TPSA) is 60.5 Å². The fourth-order valence-electron chi connectivity index (χ4n) is 1.35. The summed E-state index contributed by atoms with van der Waals surface area (Å²) in [5.41, 5.74) is 4.67. The Morgan fingerprint density at radius 2 is 1.94 bits per heavy atom. The van der Waals surface area contributed by atoms with Crippen LogP contribution in [0.5, 0.6) is 0 Å². The van der Waals surface area contributed by atoms with Gasteiger partial charge in [-0.05, 0) is 30.3 Å². The van der Waals surface area contributed by atoms with Crippen molar-refractivity contribution in [3.8, 4) is 6.07 Å². The molecule has 0 atom stereocenters. The van der Waals surface area contributed by atoms with Gasteiger partial charge in [0.1, 0.15) is 11.8 Å². The van der Waals surface area contributed by atoms with Gasteiger partial charge in [0.25, 0.3) is 0 Å². The van der Waals surface area contributed by atoms with E-state index >= 15 is 0 Å². The highest BCUT2D eigenvalue weighted by Crippen LogP contribution is 2.19. The Morgan fingerprint density at radius 3 is 2.72 bits per heavy atom. The van der Waals surface area contributed by atoms with E-state index in [1.807, 2.05) is 30.3 Å². The summed E-state index contributed by atoms with van der Waals surface area (Å²) < 4.78 is 0.958. The lowest BCUT2D eigenvalue weighted by atomic mass is 10.2. The summed E-state index contributed by atoms with van der Waals surface area (Å²) in [4.78, 5) is 0. The Kier molecular flexibility index (Phi) is 4.05. The van der Waals surface area contributed by atoms with Crippen molar-refractivity contribution in [1.29, 1.82) is 5.26 Å². The first kappa shape index (κ1) is 12.3. The molecule has 0 aromatic heterocycles. The summed E-state index contributed by atoms with van der Waals surface area (Å²) in [5, 5.41) is 16.7. The van der Waals surface area contributed by atoms with E-state index in [1.165, 1.54) is 0 Å². The summed E-state index contributed by atoms with van der Waals surface area (Å²) >= 11 is 3.37. The van der Waals surface area contributed by atoms with Gasteiger partial charge in [-0.1, -0.05) is 39.4 Å². The van der Waals surface area contributed by atoms with Crippen molar-refractivity contribution in [3.05, 3.63) is 58.6 Å². The van der Waals surface area contributed by atoms with Crippen molar-refractivity contribution in [1.82, 2.24) is 0 Å². The molecule has 88 valence electrons. The summed E-state index contributed by atoms with van der Waals surface area (Å²) in [7, 11) is 0. The number of nitriles is 1. The van der Waals surface area contributed by atoms with Crippen molar-refractivity contribution >= 4 is 27.3 Å². The van der Waals surface area contributed by atoms with Crippen LogP contribution in [0.3, 0.4) is 0 Å². The van der Waals surface area contributed by atoms with Gasteiger partial charge in [-0.15, -0.1) is 5.11 Å². The van der Waals surface area contributed by atoms with Crippen LogP contribution in [-0.2, 0) is 0 Å². The van der Waals surface area contributed by atoms with Gasteiger partial charge < -0.3 is 0 Å². The number of hydrogen-bond donors (Lipinski definition) is 1. The lowest BCUT2D eigenvalue weighted by Crippen LogP contribution is -1.85. The van der Waals surface area contributed by atoms with Gasteiger partial charge >= 0.3 is 0 Å². The van der Waals surface area contributed by atoms with Gasteiger partial charge in [0.2, 0.25) is 0 Å². The molecule has 0 saturated carbocycles. The van der Waals surface area contributed by atoms with Gasteiger partial charge in [-0.25, -0.2) is 0 Å². The van der Waals surface area contributed by atoms with Crippen molar-refractivity contribution < 1.29 is 0 Å². The second-order valence-electron chi connectivity index (χ2n) is 3.45. The zero-order valence-electron chi connectivity index (χ0n) is 9.34. The van der Waals surface area contributed by atoms with Crippen LogP contribution >= 0.6 is 15.9 Å². The predicted octanol–water partition coefficient (Wildman–Crippen LogP) is 4.43. The van der Waals surface area contributed by atoms with E-state index in [2.05, 4.69) is 37.8 Å². The average Bonchev–Trinajstić information content (AvgIpc) is 2.39. The van der Waals surface area contributed by atoms with Gasteiger partial charge in [0.05, 0.1) is 11.3 Å². The Morgan fingerprint density at radius 1 is 1.11 bits per heavy atom. The van der Waals surface area contributed by atoms with E-state index in [9.17, 15) is 0 Å². The predicted molar refractivity (Wildman–Crippen MR) is 73.4 cm³/mol. The molecule has 0 heterocycles. The van der Waals surface area contributed by atoms with Crippen LogP contribution < -0.4 is 5.43 Å². The minimum Gasteiger partial charge on any atom is -0.260 e.